The van der Waals surface area contributed by atoms with Gasteiger partial charge in [-0.3, -0.25) is 0 Å². The van der Waals surface area contributed by atoms with Gasteiger partial charge in [-0.1, -0.05) is 24.9 Å². The van der Waals surface area contributed by atoms with Crippen molar-refractivity contribution in [1.29, 1.82) is 0 Å². The van der Waals surface area contributed by atoms with Gasteiger partial charge in [0.15, 0.2) is 7.28 Å². The van der Waals surface area contributed by atoms with Gasteiger partial charge < -0.3 is 0 Å². The van der Waals surface area contributed by atoms with Crippen molar-refractivity contribution in [3.05, 3.63) is 22.4 Å². The van der Waals surface area contributed by atoms with E-state index in [4.69, 9.17) is 0 Å². The van der Waals surface area contributed by atoms with Crippen LogP contribution in [0.5, 0.6) is 0 Å². The maximum Gasteiger partial charge on any atom is 0.150 e. The lowest BCUT2D eigenvalue weighted by Crippen LogP contribution is -2.13. The summed E-state index contributed by atoms with van der Waals surface area (Å²) in [4.78, 5) is 1.37. The maximum atomic E-state index is 3.74. The third kappa shape index (κ3) is 1.17. The number of rotatable bonds is 2. The van der Waals surface area contributed by atoms with Gasteiger partial charge >= 0.3 is 0 Å². The van der Waals surface area contributed by atoms with Crippen LogP contribution in [-0.2, 0) is 0 Å². The molecule has 1 aromatic rings. The Labute approximate surface area is 66.8 Å². The van der Waals surface area contributed by atoms with Crippen molar-refractivity contribution in [2.75, 3.05) is 0 Å². The molecular weight excluding hydrogens is 139 g/mol. The first-order chi connectivity index (χ1) is 4.79. The second-order valence-corrected chi connectivity index (χ2v) is 3.24. The summed E-state index contributed by atoms with van der Waals surface area (Å²) in [5.41, 5.74) is 2.59. The Bertz CT molecular complexity index is 237. The lowest BCUT2D eigenvalue weighted by atomic mass is 9.71. The summed E-state index contributed by atoms with van der Waals surface area (Å²) in [7, 11) is 2.13. The normalized spacial score (nSPS) is 9.40. The molecule has 0 unspecified atom stereocenters. The summed E-state index contributed by atoms with van der Waals surface area (Å²) >= 11 is 1.78. The molecule has 0 nitrogen and oxygen atoms in total. The Kier molecular flexibility index (Phi) is 2.33. The average molecular weight is 149 g/mol. The average Bonchev–Trinajstić information content (AvgIpc) is 2.30. The molecule has 0 aliphatic heterocycles. The molecule has 0 aliphatic carbocycles. The first-order valence-corrected chi connectivity index (χ1v) is 4.17. The summed E-state index contributed by atoms with van der Waals surface area (Å²) in [6, 6.07) is 0. The van der Waals surface area contributed by atoms with Gasteiger partial charge in [0.05, 0.1) is 0 Å². The molecule has 0 aromatic carbocycles. The molecule has 1 aromatic heterocycles. The van der Waals surface area contributed by atoms with Crippen LogP contribution in [0.15, 0.2) is 12.0 Å². The van der Waals surface area contributed by atoms with Crippen LogP contribution in [-0.4, -0.2) is 7.28 Å². The van der Waals surface area contributed by atoms with Crippen molar-refractivity contribution >= 4 is 30.2 Å². The van der Waals surface area contributed by atoms with Crippen molar-refractivity contribution < 1.29 is 0 Å². The van der Waals surface area contributed by atoms with Crippen molar-refractivity contribution in [2.24, 2.45) is 0 Å². The molecule has 0 aliphatic rings. The highest BCUT2D eigenvalue weighted by atomic mass is 32.1. The van der Waals surface area contributed by atoms with Gasteiger partial charge in [-0.2, -0.15) is 0 Å². The molecule has 2 heteroatoms. The quantitative estimate of drug-likeness (QED) is 0.564. The molecule has 0 amide bonds. The summed E-state index contributed by atoms with van der Waals surface area (Å²) in [6.07, 6.45) is 1.90. The standard InChI is InChI=1S/C8H10BS/c1-4-7-5-10-6(2)8(7)9-3/h4-5H,1H2,2-3H3. The largest absolute Gasteiger partial charge is 0.150 e. The van der Waals surface area contributed by atoms with Crippen LogP contribution in [0, 0.1) is 6.92 Å². The molecule has 0 bridgehead atoms. The smallest absolute Gasteiger partial charge is 0.149 e. The Balaban J connectivity index is 3.12. The van der Waals surface area contributed by atoms with Crippen LogP contribution in [0.25, 0.3) is 6.08 Å². The number of hydrogen-bond donors (Lipinski definition) is 0. The monoisotopic (exact) mass is 149 g/mol. The van der Waals surface area contributed by atoms with Crippen molar-refractivity contribution in [3.8, 4) is 0 Å². The molecule has 1 rings (SSSR count). The zero-order chi connectivity index (χ0) is 7.56. The topological polar surface area (TPSA) is 0 Å². The molecule has 1 radical (unpaired) electrons. The highest BCUT2D eigenvalue weighted by molar-refractivity contribution is 7.11. The van der Waals surface area contributed by atoms with E-state index in [0.29, 0.717) is 0 Å². The first-order valence-electron chi connectivity index (χ1n) is 3.29. The van der Waals surface area contributed by atoms with Gasteiger partial charge in [0.1, 0.15) is 0 Å². The van der Waals surface area contributed by atoms with Crippen molar-refractivity contribution in [3.63, 3.8) is 0 Å². The van der Waals surface area contributed by atoms with E-state index in [9.17, 15) is 0 Å². The molecule has 0 saturated carbocycles. The van der Waals surface area contributed by atoms with Gasteiger partial charge in [0.25, 0.3) is 0 Å². The summed E-state index contributed by atoms with van der Waals surface area (Å²) in [6.45, 7) is 7.93. The van der Waals surface area contributed by atoms with E-state index >= 15 is 0 Å². The van der Waals surface area contributed by atoms with Crippen molar-refractivity contribution in [1.82, 2.24) is 0 Å². The van der Waals surface area contributed by atoms with Crippen LogP contribution in [0.1, 0.15) is 10.4 Å². The minimum absolute atomic E-state index is 1.25. The van der Waals surface area contributed by atoms with Crippen LogP contribution < -0.4 is 5.46 Å². The third-order valence-corrected chi connectivity index (χ3v) is 2.51. The number of aryl methyl sites for hydroxylation is 1. The minimum Gasteiger partial charge on any atom is -0.149 e. The molecule has 0 atom stereocenters. The van der Waals surface area contributed by atoms with Gasteiger partial charge in [0.2, 0.25) is 0 Å². The molecule has 0 fully saturated rings. The molecule has 1 heterocycles. The molecular formula is C8H10BS. The second-order valence-electron chi connectivity index (χ2n) is 2.15. The van der Waals surface area contributed by atoms with E-state index in [0.717, 1.165) is 0 Å². The zero-order valence-electron chi connectivity index (χ0n) is 6.35. The van der Waals surface area contributed by atoms with E-state index in [1.54, 1.807) is 11.3 Å². The number of hydrogen-bond acceptors (Lipinski definition) is 1. The Morgan fingerprint density at radius 1 is 1.70 bits per heavy atom. The van der Waals surface area contributed by atoms with Crippen LogP contribution in [0.2, 0.25) is 6.82 Å². The molecule has 10 heavy (non-hydrogen) atoms. The van der Waals surface area contributed by atoms with Crippen LogP contribution >= 0.6 is 11.3 Å². The summed E-state index contributed by atoms with van der Waals surface area (Å²) in [5, 5.41) is 2.14. The van der Waals surface area contributed by atoms with Gasteiger partial charge in [-0.05, 0) is 22.7 Å². The predicted octanol–water partition coefficient (Wildman–Crippen LogP) is 2.08. The predicted molar refractivity (Wildman–Crippen MR) is 50.4 cm³/mol. The lowest BCUT2D eigenvalue weighted by molar-refractivity contribution is 1.67. The molecule has 0 spiro atoms. The fourth-order valence-corrected chi connectivity index (χ4v) is 1.90. The molecule has 0 N–H and O–H groups in total. The highest BCUT2D eigenvalue weighted by Crippen LogP contribution is 2.10. The molecule has 0 saturated heterocycles. The Morgan fingerprint density at radius 2 is 2.40 bits per heavy atom. The fraction of sp³-hybridized carbons (Fsp3) is 0.250. The van der Waals surface area contributed by atoms with E-state index in [1.165, 1.54) is 15.9 Å². The molecule has 51 valence electrons. The van der Waals surface area contributed by atoms with E-state index in [-0.39, 0.29) is 0 Å². The summed E-state index contributed by atoms with van der Waals surface area (Å²) < 4.78 is 0. The van der Waals surface area contributed by atoms with E-state index in [1.807, 2.05) is 6.08 Å². The Morgan fingerprint density at radius 3 is 2.80 bits per heavy atom. The van der Waals surface area contributed by atoms with Crippen LogP contribution in [0.3, 0.4) is 0 Å². The van der Waals surface area contributed by atoms with E-state index in [2.05, 4.69) is 33.0 Å². The second kappa shape index (κ2) is 3.06. The van der Waals surface area contributed by atoms with Crippen LogP contribution in [0.4, 0.5) is 0 Å². The lowest BCUT2D eigenvalue weighted by Gasteiger charge is -1.93. The van der Waals surface area contributed by atoms with E-state index < -0.39 is 0 Å². The maximum absolute atomic E-state index is 3.74. The van der Waals surface area contributed by atoms with Crippen molar-refractivity contribution in [2.45, 2.75) is 13.7 Å². The number of thiophene rings is 1. The SMILES string of the molecule is C=Cc1csc(C)c1[B]C. The summed E-state index contributed by atoms with van der Waals surface area (Å²) in [5.74, 6) is 0. The Hall–Kier alpha value is -0.495. The fourth-order valence-electron chi connectivity index (χ4n) is 1.01. The first kappa shape index (κ1) is 7.61. The third-order valence-electron chi connectivity index (χ3n) is 1.56. The van der Waals surface area contributed by atoms with Gasteiger partial charge in [-0.25, -0.2) is 0 Å². The highest BCUT2D eigenvalue weighted by Gasteiger charge is 2.02. The van der Waals surface area contributed by atoms with Gasteiger partial charge in [0, 0.05) is 0 Å². The van der Waals surface area contributed by atoms with Gasteiger partial charge in [-0.15, -0.1) is 11.3 Å². The zero-order valence-corrected chi connectivity index (χ0v) is 7.16. The minimum atomic E-state index is 1.25.